The van der Waals surface area contributed by atoms with Crippen molar-refractivity contribution in [3.63, 3.8) is 0 Å². The molecule has 0 spiro atoms. The molecule has 5 heteroatoms. The van der Waals surface area contributed by atoms with Crippen LogP contribution in [0.15, 0.2) is 0 Å². The molecule has 0 saturated carbocycles. The first-order valence-electron chi connectivity index (χ1n) is 4.49. The van der Waals surface area contributed by atoms with Crippen molar-refractivity contribution in [1.82, 2.24) is 9.80 Å². The summed E-state index contributed by atoms with van der Waals surface area (Å²) in [6.07, 6.45) is 0. The zero-order valence-corrected chi connectivity index (χ0v) is 8.03. The van der Waals surface area contributed by atoms with E-state index in [-0.39, 0.29) is 6.03 Å². The fraction of sp³-hybridized carbons (Fsp3) is 0.875. The molecule has 0 aromatic carbocycles. The van der Waals surface area contributed by atoms with E-state index < -0.39 is 0 Å². The van der Waals surface area contributed by atoms with Crippen molar-refractivity contribution in [2.24, 2.45) is 5.73 Å². The number of primary amides is 1. The Kier molecular flexibility index (Phi) is 3.98. The molecule has 0 unspecified atom stereocenters. The lowest BCUT2D eigenvalue weighted by Gasteiger charge is -2.33. The number of rotatable bonds is 3. The molecule has 1 aliphatic heterocycles. The van der Waals surface area contributed by atoms with E-state index >= 15 is 0 Å². The molecular weight excluding hydrogens is 170 g/mol. The van der Waals surface area contributed by atoms with Gasteiger partial charge >= 0.3 is 6.03 Å². The summed E-state index contributed by atoms with van der Waals surface area (Å²) in [7, 11) is 1.69. The standard InChI is InChI=1S/C8H17N3O2/c1-13-7-6-10-2-4-11(5-3-10)8(9)12/h2-7H2,1H3,(H2,9,12). The minimum atomic E-state index is -0.314. The average Bonchev–Trinajstić information content (AvgIpc) is 2.15. The first kappa shape index (κ1) is 10.3. The first-order valence-corrected chi connectivity index (χ1v) is 4.49. The Morgan fingerprint density at radius 1 is 1.38 bits per heavy atom. The molecule has 0 bridgehead atoms. The van der Waals surface area contributed by atoms with Crippen molar-refractivity contribution in [1.29, 1.82) is 0 Å². The summed E-state index contributed by atoms with van der Waals surface area (Å²) in [6.45, 7) is 4.94. The van der Waals surface area contributed by atoms with E-state index in [2.05, 4.69) is 4.90 Å². The number of ether oxygens (including phenoxy) is 1. The molecule has 0 aliphatic carbocycles. The number of carbonyl (C=O) groups excluding carboxylic acids is 1. The van der Waals surface area contributed by atoms with Gasteiger partial charge in [0.1, 0.15) is 0 Å². The van der Waals surface area contributed by atoms with Crippen molar-refractivity contribution < 1.29 is 9.53 Å². The summed E-state index contributed by atoms with van der Waals surface area (Å²) in [6, 6.07) is -0.314. The lowest BCUT2D eigenvalue weighted by molar-refractivity contribution is 0.108. The number of hydrogen-bond acceptors (Lipinski definition) is 3. The van der Waals surface area contributed by atoms with Crippen molar-refractivity contribution in [2.75, 3.05) is 46.4 Å². The van der Waals surface area contributed by atoms with Crippen LogP contribution < -0.4 is 5.73 Å². The van der Waals surface area contributed by atoms with Crippen LogP contribution in [-0.2, 0) is 4.74 Å². The largest absolute Gasteiger partial charge is 0.383 e. The molecule has 1 rings (SSSR count). The number of piperazine rings is 1. The Morgan fingerprint density at radius 3 is 2.46 bits per heavy atom. The van der Waals surface area contributed by atoms with Crippen LogP contribution >= 0.6 is 0 Å². The molecule has 1 aliphatic rings. The van der Waals surface area contributed by atoms with E-state index in [4.69, 9.17) is 10.5 Å². The van der Waals surface area contributed by atoms with E-state index in [1.165, 1.54) is 0 Å². The first-order chi connectivity index (χ1) is 6.24. The number of urea groups is 1. The number of nitrogens with two attached hydrogens (primary N) is 1. The molecule has 5 nitrogen and oxygen atoms in total. The molecule has 1 heterocycles. The van der Waals surface area contributed by atoms with Crippen molar-refractivity contribution in [2.45, 2.75) is 0 Å². The molecule has 76 valence electrons. The lowest BCUT2D eigenvalue weighted by Crippen LogP contribution is -2.50. The molecule has 0 atom stereocenters. The maximum Gasteiger partial charge on any atom is 0.314 e. The fourth-order valence-electron chi connectivity index (χ4n) is 1.41. The van der Waals surface area contributed by atoms with E-state index in [0.717, 1.165) is 39.3 Å². The summed E-state index contributed by atoms with van der Waals surface area (Å²) in [4.78, 5) is 14.7. The minimum absolute atomic E-state index is 0.314. The van der Waals surface area contributed by atoms with Gasteiger partial charge in [0.2, 0.25) is 0 Å². The second kappa shape index (κ2) is 5.04. The van der Waals surface area contributed by atoms with Gasteiger partial charge in [0, 0.05) is 39.8 Å². The Hall–Kier alpha value is -0.810. The maximum atomic E-state index is 10.8. The van der Waals surface area contributed by atoms with Crippen molar-refractivity contribution in [3.8, 4) is 0 Å². The molecule has 13 heavy (non-hydrogen) atoms. The molecule has 2 N–H and O–H groups in total. The van der Waals surface area contributed by atoms with Crippen LogP contribution in [0.5, 0.6) is 0 Å². The third-order valence-electron chi connectivity index (χ3n) is 2.30. The van der Waals surface area contributed by atoms with Gasteiger partial charge in [-0.05, 0) is 0 Å². The van der Waals surface area contributed by atoms with Gasteiger partial charge in [-0.25, -0.2) is 4.79 Å². The average molecular weight is 187 g/mol. The molecule has 0 radical (unpaired) electrons. The minimum Gasteiger partial charge on any atom is -0.383 e. The highest BCUT2D eigenvalue weighted by atomic mass is 16.5. The van der Waals surface area contributed by atoms with Crippen LogP contribution in [0.4, 0.5) is 4.79 Å². The molecule has 0 aromatic rings. The molecular formula is C8H17N3O2. The van der Waals surface area contributed by atoms with Gasteiger partial charge in [0.25, 0.3) is 0 Å². The van der Waals surface area contributed by atoms with Gasteiger partial charge in [0.15, 0.2) is 0 Å². The molecule has 2 amide bonds. The second-order valence-corrected chi connectivity index (χ2v) is 3.16. The summed E-state index contributed by atoms with van der Waals surface area (Å²) in [5.41, 5.74) is 5.16. The quantitative estimate of drug-likeness (QED) is 0.637. The van der Waals surface area contributed by atoms with Crippen LogP contribution in [0.2, 0.25) is 0 Å². The van der Waals surface area contributed by atoms with E-state index in [9.17, 15) is 4.79 Å². The highest BCUT2D eigenvalue weighted by Gasteiger charge is 2.18. The Balaban J connectivity index is 2.18. The second-order valence-electron chi connectivity index (χ2n) is 3.16. The highest BCUT2D eigenvalue weighted by Crippen LogP contribution is 2.00. The fourth-order valence-corrected chi connectivity index (χ4v) is 1.41. The van der Waals surface area contributed by atoms with Crippen LogP contribution in [0, 0.1) is 0 Å². The van der Waals surface area contributed by atoms with Crippen molar-refractivity contribution >= 4 is 6.03 Å². The normalized spacial score (nSPS) is 19.0. The van der Waals surface area contributed by atoms with Crippen LogP contribution in [0.1, 0.15) is 0 Å². The maximum absolute atomic E-state index is 10.8. The van der Waals surface area contributed by atoms with Crippen LogP contribution in [-0.4, -0.2) is 62.3 Å². The van der Waals surface area contributed by atoms with E-state index in [1.807, 2.05) is 0 Å². The van der Waals surface area contributed by atoms with Gasteiger partial charge in [-0.3, -0.25) is 4.90 Å². The van der Waals surface area contributed by atoms with Crippen LogP contribution in [0.25, 0.3) is 0 Å². The number of carbonyl (C=O) groups is 1. The van der Waals surface area contributed by atoms with Gasteiger partial charge in [-0.2, -0.15) is 0 Å². The number of methoxy groups -OCH3 is 1. The van der Waals surface area contributed by atoms with Gasteiger partial charge in [-0.15, -0.1) is 0 Å². The van der Waals surface area contributed by atoms with Crippen molar-refractivity contribution in [3.05, 3.63) is 0 Å². The topological polar surface area (TPSA) is 58.8 Å². The third kappa shape index (κ3) is 3.20. The summed E-state index contributed by atoms with van der Waals surface area (Å²) >= 11 is 0. The molecule has 0 aromatic heterocycles. The Morgan fingerprint density at radius 2 is 2.00 bits per heavy atom. The predicted octanol–water partition coefficient (Wildman–Crippen LogP) is -0.671. The van der Waals surface area contributed by atoms with Crippen LogP contribution in [0.3, 0.4) is 0 Å². The zero-order valence-electron chi connectivity index (χ0n) is 8.03. The number of nitrogens with zero attached hydrogens (tertiary/aromatic N) is 2. The monoisotopic (exact) mass is 187 g/mol. The highest BCUT2D eigenvalue weighted by molar-refractivity contribution is 5.72. The summed E-state index contributed by atoms with van der Waals surface area (Å²) in [5.74, 6) is 0. The van der Waals surface area contributed by atoms with Gasteiger partial charge in [0.05, 0.1) is 6.61 Å². The summed E-state index contributed by atoms with van der Waals surface area (Å²) < 4.78 is 4.97. The predicted molar refractivity (Wildman–Crippen MR) is 49.5 cm³/mol. The number of hydrogen-bond donors (Lipinski definition) is 1. The third-order valence-corrected chi connectivity index (χ3v) is 2.30. The summed E-state index contributed by atoms with van der Waals surface area (Å²) in [5, 5.41) is 0. The molecule has 1 saturated heterocycles. The van der Waals surface area contributed by atoms with E-state index in [0.29, 0.717) is 0 Å². The smallest absolute Gasteiger partial charge is 0.314 e. The van der Waals surface area contributed by atoms with Gasteiger partial charge < -0.3 is 15.4 Å². The Bertz CT molecular complexity index is 167. The van der Waals surface area contributed by atoms with E-state index in [1.54, 1.807) is 12.0 Å². The lowest BCUT2D eigenvalue weighted by atomic mass is 10.3. The number of amides is 2. The van der Waals surface area contributed by atoms with Gasteiger partial charge in [-0.1, -0.05) is 0 Å². The Labute approximate surface area is 78.4 Å². The molecule has 1 fully saturated rings. The zero-order chi connectivity index (χ0) is 9.68. The SMILES string of the molecule is COCCN1CCN(C(N)=O)CC1.